The molecule has 58 heavy (non-hydrogen) atoms. The molecule has 11 rings (SSSR count). The first-order valence-corrected chi connectivity index (χ1v) is 20.0. The summed E-state index contributed by atoms with van der Waals surface area (Å²) < 4.78 is 6.74. The van der Waals surface area contributed by atoms with Crippen LogP contribution >= 0.6 is 0 Å². The number of hydrogen-bond donors (Lipinski definition) is 0. The van der Waals surface area contributed by atoms with Crippen molar-refractivity contribution in [3.05, 3.63) is 235 Å². The Morgan fingerprint density at radius 3 is 1.41 bits per heavy atom. The molecule has 0 bridgehead atoms. The lowest BCUT2D eigenvalue weighted by atomic mass is 9.73. The van der Waals surface area contributed by atoms with E-state index in [4.69, 9.17) is 4.42 Å². The molecule has 0 spiro atoms. The number of anilines is 3. The highest BCUT2D eigenvalue weighted by atomic mass is 16.3. The lowest BCUT2D eigenvalue weighted by molar-refractivity contribution is 0.666. The molecule has 0 saturated carbocycles. The maximum absolute atomic E-state index is 6.74. The zero-order valence-corrected chi connectivity index (χ0v) is 32.1. The maximum Gasteiger partial charge on any atom is 0.136 e. The average Bonchev–Trinajstić information content (AvgIpc) is 3.80. The van der Waals surface area contributed by atoms with Gasteiger partial charge in [0.15, 0.2) is 0 Å². The molecule has 1 aliphatic rings. The fourth-order valence-corrected chi connectivity index (χ4v) is 9.30. The zero-order chi connectivity index (χ0) is 38.6. The van der Waals surface area contributed by atoms with Crippen LogP contribution in [0.1, 0.15) is 23.6 Å². The normalized spacial score (nSPS) is 12.7. The largest absolute Gasteiger partial charge is 0.456 e. The molecule has 2 heteroatoms. The lowest BCUT2D eigenvalue weighted by Gasteiger charge is -2.29. The van der Waals surface area contributed by atoms with Crippen LogP contribution in [0.2, 0.25) is 0 Å². The van der Waals surface area contributed by atoms with Crippen molar-refractivity contribution >= 4 is 39.0 Å². The van der Waals surface area contributed by atoms with Gasteiger partial charge in [0.1, 0.15) is 11.2 Å². The number of rotatable bonds is 7. The number of hydrogen-bond acceptors (Lipinski definition) is 2. The van der Waals surface area contributed by atoms with Crippen molar-refractivity contribution in [2.45, 2.75) is 12.3 Å². The third kappa shape index (κ3) is 5.49. The molecule has 0 unspecified atom stereocenters. The van der Waals surface area contributed by atoms with E-state index in [1.807, 2.05) is 0 Å². The molecule has 0 atom stereocenters. The molecule has 0 radical (unpaired) electrons. The molecular weight excluding hydrogens is 703 g/mol. The van der Waals surface area contributed by atoms with Gasteiger partial charge in [-0.25, -0.2) is 0 Å². The van der Waals surface area contributed by atoms with Gasteiger partial charge in [0.05, 0.1) is 0 Å². The molecule has 0 amide bonds. The molecule has 0 aliphatic heterocycles. The highest BCUT2D eigenvalue weighted by molar-refractivity contribution is 6.09. The van der Waals surface area contributed by atoms with E-state index in [-0.39, 0.29) is 5.41 Å². The molecule has 9 aromatic carbocycles. The van der Waals surface area contributed by atoms with Gasteiger partial charge in [-0.3, -0.25) is 0 Å². The molecule has 10 aromatic rings. The summed E-state index contributed by atoms with van der Waals surface area (Å²) in [5.74, 6) is 0. The second-order valence-electron chi connectivity index (χ2n) is 15.4. The SMILES string of the molecule is CC1(c2cccc3oc4cc(-c5cccc(N(c6ccc(-c7ccccc7)cc6)c6ccc(-c7ccccc7)cc6)c5)ccc4c23)c2ccccc2-c2ccccc21. The van der Waals surface area contributed by atoms with Crippen molar-refractivity contribution in [3.8, 4) is 44.5 Å². The summed E-state index contributed by atoms with van der Waals surface area (Å²) in [5.41, 5.74) is 18.3. The van der Waals surface area contributed by atoms with E-state index in [9.17, 15) is 0 Å². The molecule has 0 N–H and O–H groups in total. The van der Waals surface area contributed by atoms with Crippen molar-refractivity contribution in [2.75, 3.05) is 4.90 Å². The van der Waals surface area contributed by atoms with Gasteiger partial charge in [-0.2, -0.15) is 0 Å². The van der Waals surface area contributed by atoms with Gasteiger partial charge in [-0.05, 0) is 123 Å². The Labute approximate surface area is 338 Å². The predicted molar refractivity (Wildman–Crippen MR) is 242 cm³/mol. The number of fused-ring (bicyclic) bond motifs is 6. The molecular formula is C56H39NO. The Bertz CT molecular complexity index is 2980. The minimum absolute atomic E-state index is 0.321. The minimum atomic E-state index is -0.321. The van der Waals surface area contributed by atoms with Gasteiger partial charge in [-0.15, -0.1) is 0 Å². The van der Waals surface area contributed by atoms with E-state index in [2.05, 4.69) is 230 Å². The van der Waals surface area contributed by atoms with Crippen molar-refractivity contribution in [3.63, 3.8) is 0 Å². The zero-order valence-electron chi connectivity index (χ0n) is 32.1. The van der Waals surface area contributed by atoms with Crippen molar-refractivity contribution in [2.24, 2.45) is 0 Å². The van der Waals surface area contributed by atoms with Crippen LogP contribution < -0.4 is 4.90 Å². The second kappa shape index (κ2) is 13.7. The van der Waals surface area contributed by atoms with Gasteiger partial charge < -0.3 is 9.32 Å². The maximum atomic E-state index is 6.74. The molecule has 1 aliphatic carbocycles. The van der Waals surface area contributed by atoms with E-state index in [1.165, 1.54) is 55.5 Å². The molecule has 1 heterocycles. The Kier molecular flexibility index (Phi) is 7.97. The Morgan fingerprint density at radius 2 is 0.810 bits per heavy atom. The van der Waals surface area contributed by atoms with Crippen LogP contribution in [0.3, 0.4) is 0 Å². The van der Waals surface area contributed by atoms with Crippen LogP contribution in [-0.4, -0.2) is 0 Å². The van der Waals surface area contributed by atoms with Crippen molar-refractivity contribution in [1.82, 2.24) is 0 Å². The van der Waals surface area contributed by atoms with Crippen LogP contribution in [-0.2, 0) is 5.41 Å². The monoisotopic (exact) mass is 741 g/mol. The summed E-state index contributed by atoms with van der Waals surface area (Å²) in [4.78, 5) is 2.34. The molecule has 1 aromatic heterocycles. The summed E-state index contributed by atoms with van der Waals surface area (Å²) in [6.45, 7) is 2.38. The van der Waals surface area contributed by atoms with Crippen molar-refractivity contribution in [1.29, 1.82) is 0 Å². The van der Waals surface area contributed by atoms with Crippen molar-refractivity contribution < 1.29 is 4.42 Å². The third-order valence-electron chi connectivity index (χ3n) is 12.2. The van der Waals surface area contributed by atoms with E-state index >= 15 is 0 Å². The van der Waals surface area contributed by atoms with Crippen LogP contribution in [0.15, 0.2) is 223 Å². The van der Waals surface area contributed by atoms with E-state index in [1.54, 1.807) is 0 Å². The van der Waals surface area contributed by atoms with Gasteiger partial charge in [0, 0.05) is 33.2 Å². The highest BCUT2D eigenvalue weighted by Gasteiger charge is 2.41. The Morgan fingerprint density at radius 1 is 0.345 bits per heavy atom. The molecule has 0 fully saturated rings. The van der Waals surface area contributed by atoms with E-state index in [0.29, 0.717) is 0 Å². The summed E-state index contributed by atoms with van der Waals surface area (Å²) in [7, 11) is 0. The minimum Gasteiger partial charge on any atom is -0.456 e. The fraction of sp³-hybridized carbons (Fsp3) is 0.0357. The van der Waals surface area contributed by atoms with Crippen LogP contribution in [0, 0.1) is 0 Å². The number of furan rings is 1. The predicted octanol–water partition coefficient (Wildman–Crippen LogP) is 15.4. The first-order valence-electron chi connectivity index (χ1n) is 20.0. The lowest BCUT2D eigenvalue weighted by Crippen LogP contribution is -2.22. The van der Waals surface area contributed by atoms with E-state index < -0.39 is 0 Å². The highest BCUT2D eigenvalue weighted by Crippen LogP contribution is 2.54. The Balaban J connectivity index is 1.00. The van der Waals surface area contributed by atoms with Crippen LogP contribution in [0.5, 0.6) is 0 Å². The molecule has 2 nitrogen and oxygen atoms in total. The van der Waals surface area contributed by atoms with Gasteiger partial charge in [-0.1, -0.05) is 164 Å². The van der Waals surface area contributed by atoms with Gasteiger partial charge in [0.25, 0.3) is 0 Å². The quantitative estimate of drug-likeness (QED) is 0.162. The molecule has 274 valence electrons. The smallest absolute Gasteiger partial charge is 0.136 e. The summed E-state index contributed by atoms with van der Waals surface area (Å²) in [6.07, 6.45) is 0. The standard InChI is InChI=1S/C56H39NO/c1-56(50-22-10-8-20-47(50)48-21-9-11-23-51(48)56)52-24-13-25-53-55(52)49-35-30-43(37-54(49)58-53)42-18-12-19-46(36-42)57(44-31-26-40(27-32-44)38-14-4-2-5-15-38)45-33-28-41(29-34-45)39-16-6-3-7-17-39/h2-37H,1H3. The summed E-state index contributed by atoms with van der Waals surface area (Å²) in [5, 5.41) is 2.31. The van der Waals surface area contributed by atoms with Gasteiger partial charge >= 0.3 is 0 Å². The number of nitrogens with zero attached hydrogens (tertiary/aromatic N) is 1. The first-order chi connectivity index (χ1) is 28.6. The number of benzene rings is 9. The van der Waals surface area contributed by atoms with Gasteiger partial charge in [0.2, 0.25) is 0 Å². The molecule has 0 saturated heterocycles. The Hall–Kier alpha value is -7.42. The first kappa shape index (κ1) is 33.9. The third-order valence-corrected chi connectivity index (χ3v) is 12.2. The average molecular weight is 742 g/mol. The van der Waals surface area contributed by atoms with Crippen LogP contribution in [0.4, 0.5) is 17.1 Å². The summed E-state index contributed by atoms with van der Waals surface area (Å²) in [6, 6.07) is 78.7. The van der Waals surface area contributed by atoms with E-state index in [0.717, 1.165) is 44.7 Å². The topological polar surface area (TPSA) is 16.4 Å². The van der Waals surface area contributed by atoms with Crippen LogP contribution in [0.25, 0.3) is 66.4 Å². The second-order valence-corrected chi connectivity index (χ2v) is 15.4. The fourth-order valence-electron chi connectivity index (χ4n) is 9.30. The summed E-state index contributed by atoms with van der Waals surface area (Å²) >= 11 is 0.